The third-order valence-corrected chi connectivity index (χ3v) is 4.08. The summed E-state index contributed by atoms with van der Waals surface area (Å²) in [6.45, 7) is 3.57. The van der Waals surface area contributed by atoms with Crippen molar-refractivity contribution in [2.75, 3.05) is 12.4 Å². The van der Waals surface area contributed by atoms with Crippen LogP contribution in [0.3, 0.4) is 0 Å². The Bertz CT molecular complexity index is 601. The smallest absolute Gasteiger partial charge is 0.328 e. The van der Waals surface area contributed by atoms with E-state index >= 15 is 0 Å². The first-order chi connectivity index (χ1) is 12.5. The Hall–Kier alpha value is -2.37. The van der Waals surface area contributed by atoms with Crippen LogP contribution in [0.25, 0.3) is 0 Å². The Morgan fingerprint density at radius 3 is 2.42 bits per heavy atom. The van der Waals surface area contributed by atoms with E-state index in [1.807, 2.05) is 0 Å². The van der Waals surface area contributed by atoms with E-state index in [1.54, 1.807) is 24.3 Å². The van der Waals surface area contributed by atoms with E-state index in [2.05, 4.69) is 17.6 Å². The molecule has 0 fully saturated rings. The zero-order chi connectivity index (χ0) is 19.4. The SMILES string of the molecule is CCCCCCCC[C@@H](NC(=O)c1cccc(NC(C)=O)c1)C(=O)OC. The molecule has 1 aromatic rings. The van der Waals surface area contributed by atoms with Gasteiger partial charge in [0.05, 0.1) is 7.11 Å². The number of unbranched alkanes of at least 4 members (excludes halogenated alkanes) is 5. The van der Waals surface area contributed by atoms with Gasteiger partial charge in [-0.2, -0.15) is 0 Å². The van der Waals surface area contributed by atoms with Crippen molar-refractivity contribution in [3.05, 3.63) is 29.8 Å². The number of carbonyl (C=O) groups is 3. The second-order valence-electron chi connectivity index (χ2n) is 6.37. The van der Waals surface area contributed by atoms with Crippen LogP contribution in [-0.4, -0.2) is 30.9 Å². The monoisotopic (exact) mass is 362 g/mol. The van der Waals surface area contributed by atoms with Gasteiger partial charge in [0.1, 0.15) is 6.04 Å². The van der Waals surface area contributed by atoms with Crippen molar-refractivity contribution in [1.82, 2.24) is 5.32 Å². The van der Waals surface area contributed by atoms with Crippen molar-refractivity contribution in [2.24, 2.45) is 0 Å². The molecule has 0 aliphatic rings. The van der Waals surface area contributed by atoms with Gasteiger partial charge >= 0.3 is 5.97 Å². The van der Waals surface area contributed by atoms with Crippen LogP contribution in [0.5, 0.6) is 0 Å². The van der Waals surface area contributed by atoms with Crippen LogP contribution in [0.4, 0.5) is 5.69 Å². The fourth-order valence-electron chi connectivity index (χ4n) is 2.70. The average Bonchev–Trinajstić information content (AvgIpc) is 2.62. The maximum absolute atomic E-state index is 12.5. The summed E-state index contributed by atoms with van der Waals surface area (Å²) in [7, 11) is 1.32. The Balaban J connectivity index is 2.62. The number of hydrogen-bond acceptors (Lipinski definition) is 4. The van der Waals surface area contributed by atoms with Crippen LogP contribution >= 0.6 is 0 Å². The molecule has 26 heavy (non-hydrogen) atoms. The van der Waals surface area contributed by atoms with Crippen LogP contribution in [-0.2, 0) is 14.3 Å². The molecule has 0 unspecified atom stereocenters. The molecule has 0 saturated heterocycles. The largest absolute Gasteiger partial charge is 0.467 e. The molecule has 0 bridgehead atoms. The van der Waals surface area contributed by atoms with Crippen LogP contribution in [0.1, 0.15) is 69.2 Å². The number of methoxy groups -OCH3 is 1. The van der Waals surface area contributed by atoms with Gasteiger partial charge in [0.25, 0.3) is 5.91 Å². The average molecular weight is 362 g/mol. The maximum Gasteiger partial charge on any atom is 0.328 e. The van der Waals surface area contributed by atoms with Gasteiger partial charge in [0.15, 0.2) is 0 Å². The zero-order valence-electron chi connectivity index (χ0n) is 16.0. The van der Waals surface area contributed by atoms with Gasteiger partial charge in [0.2, 0.25) is 5.91 Å². The van der Waals surface area contributed by atoms with E-state index in [9.17, 15) is 14.4 Å². The second-order valence-corrected chi connectivity index (χ2v) is 6.37. The molecule has 0 aliphatic heterocycles. The van der Waals surface area contributed by atoms with E-state index in [1.165, 1.54) is 33.3 Å². The first kappa shape index (κ1) is 21.7. The van der Waals surface area contributed by atoms with E-state index in [4.69, 9.17) is 4.74 Å². The molecule has 0 aromatic heterocycles. The Kier molecular flexibility index (Phi) is 10.1. The lowest BCUT2D eigenvalue weighted by Crippen LogP contribution is -2.41. The summed E-state index contributed by atoms with van der Waals surface area (Å²) in [6, 6.07) is 5.94. The molecule has 1 rings (SSSR count). The molecule has 0 spiro atoms. The van der Waals surface area contributed by atoms with Crippen molar-refractivity contribution >= 4 is 23.5 Å². The molecule has 0 radical (unpaired) electrons. The molecule has 1 aromatic carbocycles. The van der Waals surface area contributed by atoms with E-state index < -0.39 is 12.0 Å². The second kappa shape index (κ2) is 12.1. The van der Waals surface area contributed by atoms with Gasteiger partial charge in [-0.1, -0.05) is 51.5 Å². The fourth-order valence-corrected chi connectivity index (χ4v) is 2.70. The van der Waals surface area contributed by atoms with Gasteiger partial charge < -0.3 is 15.4 Å². The highest BCUT2D eigenvalue weighted by atomic mass is 16.5. The molecule has 6 heteroatoms. The van der Waals surface area contributed by atoms with Crippen molar-refractivity contribution in [2.45, 2.75) is 64.8 Å². The van der Waals surface area contributed by atoms with E-state index in [0.29, 0.717) is 17.7 Å². The van der Waals surface area contributed by atoms with E-state index in [0.717, 1.165) is 19.3 Å². The lowest BCUT2D eigenvalue weighted by molar-refractivity contribution is -0.143. The molecule has 144 valence electrons. The van der Waals surface area contributed by atoms with Crippen LogP contribution in [0, 0.1) is 0 Å². The minimum absolute atomic E-state index is 0.210. The number of esters is 1. The fraction of sp³-hybridized carbons (Fsp3) is 0.550. The summed E-state index contributed by atoms with van der Waals surface area (Å²) in [5, 5.41) is 5.38. The molecule has 0 aliphatic carbocycles. The van der Waals surface area contributed by atoms with Crippen molar-refractivity contribution in [3.8, 4) is 0 Å². The van der Waals surface area contributed by atoms with E-state index in [-0.39, 0.29) is 11.8 Å². The molecule has 2 N–H and O–H groups in total. The highest BCUT2D eigenvalue weighted by Gasteiger charge is 2.21. The Morgan fingerprint density at radius 2 is 1.77 bits per heavy atom. The number of nitrogens with one attached hydrogen (secondary N) is 2. The predicted octanol–water partition coefficient (Wildman–Crippen LogP) is 3.67. The summed E-state index contributed by atoms with van der Waals surface area (Å²) in [4.78, 5) is 35.6. The Morgan fingerprint density at radius 1 is 1.08 bits per heavy atom. The number of benzene rings is 1. The lowest BCUT2D eigenvalue weighted by atomic mass is 10.0. The third kappa shape index (κ3) is 8.14. The number of ether oxygens (including phenoxy) is 1. The topological polar surface area (TPSA) is 84.5 Å². The standard InChI is InChI=1S/C20H30N2O4/c1-4-5-6-7-8-9-13-18(20(25)26-3)22-19(24)16-11-10-12-17(14-16)21-15(2)23/h10-12,14,18H,4-9,13H2,1-3H3,(H,21,23)(H,22,24)/t18-/m1/s1. The van der Waals surface area contributed by atoms with Gasteiger partial charge in [-0.3, -0.25) is 9.59 Å². The highest BCUT2D eigenvalue weighted by Crippen LogP contribution is 2.13. The molecule has 6 nitrogen and oxygen atoms in total. The minimum atomic E-state index is -0.664. The first-order valence-electron chi connectivity index (χ1n) is 9.24. The normalized spacial score (nSPS) is 11.5. The minimum Gasteiger partial charge on any atom is -0.467 e. The zero-order valence-corrected chi connectivity index (χ0v) is 16.0. The number of amides is 2. The van der Waals surface area contributed by atoms with Crippen LogP contribution < -0.4 is 10.6 Å². The van der Waals surface area contributed by atoms with Crippen molar-refractivity contribution < 1.29 is 19.1 Å². The quantitative estimate of drug-likeness (QED) is 0.465. The lowest BCUT2D eigenvalue weighted by Gasteiger charge is -2.17. The van der Waals surface area contributed by atoms with Crippen molar-refractivity contribution in [3.63, 3.8) is 0 Å². The van der Waals surface area contributed by atoms with Gasteiger partial charge in [0, 0.05) is 18.2 Å². The third-order valence-electron chi connectivity index (χ3n) is 4.08. The van der Waals surface area contributed by atoms with Gasteiger partial charge in [-0.15, -0.1) is 0 Å². The summed E-state index contributed by atoms with van der Waals surface area (Å²) < 4.78 is 4.81. The summed E-state index contributed by atoms with van der Waals surface area (Å²) in [5.41, 5.74) is 0.920. The highest BCUT2D eigenvalue weighted by molar-refractivity contribution is 5.98. The number of hydrogen-bond donors (Lipinski definition) is 2. The molecule has 0 heterocycles. The summed E-state index contributed by atoms with van der Waals surface area (Å²) in [6.07, 6.45) is 7.18. The molecule has 0 saturated carbocycles. The van der Waals surface area contributed by atoms with Gasteiger partial charge in [-0.25, -0.2) is 4.79 Å². The first-order valence-corrected chi connectivity index (χ1v) is 9.24. The molecule has 2 amide bonds. The number of rotatable bonds is 11. The van der Waals surface area contributed by atoms with Crippen LogP contribution in [0.2, 0.25) is 0 Å². The van der Waals surface area contributed by atoms with Crippen LogP contribution in [0.15, 0.2) is 24.3 Å². The van der Waals surface area contributed by atoms with Gasteiger partial charge in [-0.05, 0) is 24.6 Å². The predicted molar refractivity (Wildman–Crippen MR) is 102 cm³/mol. The molecular weight excluding hydrogens is 332 g/mol. The molecular formula is C20H30N2O4. The maximum atomic E-state index is 12.5. The Labute approximate surface area is 155 Å². The molecule has 1 atom stereocenters. The summed E-state index contributed by atoms with van der Waals surface area (Å²) >= 11 is 0. The number of carbonyl (C=O) groups excluding carboxylic acids is 3. The number of anilines is 1. The van der Waals surface area contributed by atoms with Crippen molar-refractivity contribution in [1.29, 1.82) is 0 Å². The summed E-state index contributed by atoms with van der Waals surface area (Å²) in [5.74, 6) is -1.01.